The second-order valence-electron chi connectivity index (χ2n) is 4.29. The monoisotopic (exact) mass is 245 g/mol. The van der Waals surface area contributed by atoms with Crippen molar-refractivity contribution in [3.8, 4) is 16.9 Å². The van der Waals surface area contributed by atoms with E-state index in [1.807, 2.05) is 26.0 Å². The molecule has 0 amide bonds. The van der Waals surface area contributed by atoms with Gasteiger partial charge in [0.15, 0.2) is 0 Å². The van der Waals surface area contributed by atoms with E-state index in [9.17, 15) is 4.39 Å². The first-order valence-corrected chi connectivity index (χ1v) is 5.74. The average molecular weight is 245 g/mol. The van der Waals surface area contributed by atoms with Gasteiger partial charge in [-0.2, -0.15) is 0 Å². The van der Waals surface area contributed by atoms with E-state index in [1.54, 1.807) is 19.2 Å². The lowest BCUT2D eigenvalue weighted by atomic mass is 9.97. The molecule has 2 N–H and O–H groups in total. The highest BCUT2D eigenvalue weighted by Gasteiger charge is 2.14. The minimum absolute atomic E-state index is 0.152. The van der Waals surface area contributed by atoms with E-state index in [0.717, 1.165) is 22.4 Å². The van der Waals surface area contributed by atoms with Crippen LogP contribution in [0.25, 0.3) is 11.1 Å². The zero-order valence-electron chi connectivity index (χ0n) is 10.8. The fourth-order valence-electron chi connectivity index (χ4n) is 2.04. The summed E-state index contributed by atoms with van der Waals surface area (Å²) in [7, 11) is 1.61. The molecule has 0 aliphatic rings. The number of hydrogen-bond donors (Lipinski definition) is 1. The van der Waals surface area contributed by atoms with Crippen LogP contribution in [0.3, 0.4) is 0 Å². The molecule has 0 unspecified atom stereocenters. The molecule has 0 heterocycles. The Kier molecular flexibility index (Phi) is 3.24. The summed E-state index contributed by atoms with van der Waals surface area (Å²) in [6.45, 7) is 3.99. The van der Waals surface area contributed by atoms with Crippen molar-refractivity contribution in [2.45, 2.75) is 13.8 Å². The first kappa shape index (κ1) is 12.4. The highest BCUT2D eigenvalue weighted by Crippen LogP contribution is 2.37. The molecule has 0 fully saturated rings. The number of anilines is 1. The largest absolute Gasteiger partial charge is 0.496 e. The molecule has 0 saturated carbocycles. The van der Waals surface area contributed by atoms with E-state index in [0.29, 0.717) is 5.56 Å². The molecule has 0 bridgehead atoms. The summed E-state index contributed by atoms with van der Waals surface area (Å²) >= 11 is 0. The number of ether oxygens (including phenoxy) is 1. The molecule has 0 aliphatic carbocycles. The van der Waals surface area contributed by atoms with Crippen LogP contribution in [0.15, 0.2) is 30.3 Å². The molecular weight excluding hydrogens is 229 g/mol. The number of benzene rings is 2. The molecule has 2 rings (SSSR count). The molecule has 0 atom stereocenters. The Morgan fingerprint density at radius 2 is 1.78 bits per heavy atom. The average Bonchev–Trinajstić information content (AvgIpc) is 2.36. The smallest absolute Gasteiger partial charge is 0.146 e. The predicted molar refractivity (Wildman–Crippen MR) is 72.3 cm³/mol. The van der Waals surface area contributed by atoms with E-state index in [4.69, 9.17) is 10.5 Å². The van der Waals surface area contributed by atoms with Crippen LogP contribution in [0.1, 0.15) is 11.1 Å². The molecule has 0 saturated heterocycles. The number of aryl methyl sites for hydroxylation is 1. The Labute approximate surface area is 106 Å². The third-order valence-electron chi connectivity index (χ3n) is 3.22. The van der Waals surface area contributed by atoms with Crippen molar-refractivity contribution in [1.82, 2.24) is 0 Å². The van der Waals surface area contributed by atoms with Crippen molar-refractivity contribution in [2.75, 3.05) is 12.8 Å². The highest BCUT2D eigenvalue weighted by molar-refractivity contribution is 5.82. The van der Waals surface area contributed by atoms with Crippen LogP contribution in [0.5, 0.6) is 5.75 Å². The molecule has 0 radical (unpaired) electrons. The fourth-order valence-corrected chi connectivity index (χ4v) is 2.04. The Balaban J connectivity index is 2.72. The molecule has 2 aromatic rings. The highest BCUT2D eigenvalue weighted by atomic mass is 19.1. The van der Waals surface area contributed by atoms with Gasteiger partial charge in [-0.25, -0.2) is 4.39 Å². The van der Waals surface area contributed by atoms with Crippen LogP contribution >= 0.6 is 0 Å². The van der Waals surface area contributed by atoms with Crippen molar-refractivity contribution in [2.24, 2.45) is 0 Å². The summed E-state index contributed by atoms with van der Waals surface area (Å²) in [6.07, 6.45) is 0. The Bertz CT molecular complexity index is 593. The normalized spacial score (nSPS) is 10.4. The van der Waals surface area contributed by atoms with E-state index in [-0.39, 0.29) is 5.69 Å². The van der Waals surface area contributed by atoms with Crippen molar-refractivity contribution in [3.63, 3.8) is 0 Å². The van der Waals surface area contributed by atoms with Crippen molar-refractivity contribution in [1.29, 1.82) is 0 Å². The van der Waals surface area contributed by atoms with Gasteiger partial charge in [-0.15, -0.1) is 0 Å². The lowest BCUT2D eigenvalue weighted by Crippen LogP contribution is -1.98. The van der Waals surface area contributed by atoms with Crippen molar-refractivity contribution >= 4 is 5.69 Å². The van der Waals surface area contributed by atoms with Gasteiger partial charge in [0.25, 0.3) is 0 Å². The first-order valence-electron chi connectivity index (χ1n) is 5.74. The number of para-hydroxylation sites is 1. The summed E-state index contributed by atoms with van der Waals surface area (Å²) in [6, 6.07) is 8.69. The topological polar surface area (TPSA) is 35.2 Å². The predicted octanol–water partition coefficient (Wildman–Crippen LogP) is 3.70. The number of halogens is 1. The number of methoxy groups -OCH3 is 1. The van der Waals surface area contributed by atoms with Crippen molar-refractivity contribution in [3.05, 3.63) is 47.3 Å². The summed E-state index contributed by atoms with van der Waals surface area (Å²) in [5.74, 6) is 0.333. The fraction of sp³-hybridized carbons (Fsp3) is 0.200. The van der Waals surface area contributed by atoms with Gasteiger partial charge in [0.2, 0.25) is 0 Å². The molecule has 0 spiro atoms. The maximum absolute atomic E-state index is 13.5. The number of nitrogen functional groups attached to an aromatic ring is 1. The van der Waals surface area contributed by atoms with E-state index < -0.39 is 5.82 Å². The SMILES string of the molecule is COc1c(-c2cccc(F)c2N)ccc(C)c1C. The van der Waals surface area contributed by atoms with Gasteiger partial charge in [0.1, 0.15) is 11.6 Å². The van der Waals surface area contributed by atoms with Crippen LogP contribution in [0.4, 0.5) is 10.1 Å². The number of nitrogens with two attached hydrogens (primary N) is 1. The van der Waals surface area contributed by atoms with E-state index >= 15 is 0 Å². The van der Waals surface area contributed by atoms with Gasteiger partial charge < -0.3 is 10.5 Å². The lowest BCUT2D eigenvalue weighted by Gasteiger charge is -2.15. The second-order valence-corrected chi connectivity index (χ2v) is 4.29. The molecule has 0 aliphatic heterocycles. The minimum atomic E-state index is -0.409. The van der Waals surface area contributed by atoms with Crippen LogP contribution < -0.4 is 10.5 Å². The number of hydrogen-bond acceptors (Lipinski definition) is 2. The molecule has 0 aromatic heterocycles. The zero-order chi connectivity index (χ0) is 13.3. The van der Waals surface area contributed by atoms with Gasteiger partial charge in [0.05, 0.1) is 12.8 Å². The summed E-state index contributed by atoms with van der Waals surface area (Å²) in [5, 5.41) is 0. The zero-order valence-corrected chi connectivity index (χ0v) is 10.8. The molecule has 94 valence electrons. The maximum atomic E-state index is 13.5. The molecule has 2 nitrogen and oxygen atoms in total. The molecular formula is C15H16FNO. The summed E-state index contributed by atoms with van der Waals surface area (Å²) in [4.78, 5) is 0. The van der Waals surface area contributed by atoms with Gasteiger partial charge in [-0.05, 0) is 31.0 Å². The van der Waals surface area contributed by atoms with Crippen molar-refractivity contribution < 1.29 is 9.13 Å². The van der Waals surface area contributed by atoms with Crippen LogP contribution in [-0.2, 0) is 0 Å². The Morgan fingerprint density at radius 1 is 1.06 bits per heavy atom. The van der Waals surface area contributed by atoms with Gasteiger partial charge >= 0.3 is 0 Å². The Morgan fingerprint density at radius 3 is 2.44 bits per heavy atom. The standard InChI is InChI=1S/C15H16FNO/c1-9-7-8-12(15(18-3)10(9)2)11-5-4-6-13(16)14(11)17/h4-8H,17H2,1-3H3. The molecule has 18 heavy (non-hydrogen) atoms. The van der Waals surface area contributed by atoms with Crippen LogP contribution in [0.2, 0.25) is 0 Å². The van der Waals surface area contributed by atoms with Gasteiger partial charge in [-0.1, -0.05) is 24.3 Å². The van der Waals surface area contributed by atoms with Crippen LogP contribution in [-0.4, -0.2) is 7.11 Å². The first-order chi connectivity index (χ1) is 8.56. The number of rotatable bonds is 2. The third-order valence-corrected chi connectivity index (χ3v) is 3.22. The molecule has 2 aromatic carbocycles. The minimum Gasteiger partial charge on any atom is -0.496 e. The maximum Gasteiger partial charge on any atom is 0.146 e. The van der Waals surface area contributed by atoms with Crippen LogP contribution in [0, 0.1) is 19.7 Å². The van der Waals surface area contributed by atoms with Gasteiger partial charge in [0, 0.05) is 11.1 Å². The summed E-state index contributed by atoms with van der Waals surface area (Å²) in [5.41, 5.74) is 9.60. The second kappa shape index (κ2) is 4.69. The third kappa shape index (κ3) is 1.92. The Hall–Kier alpha value is -2.03. The summed E-state index contributed by atoms with van der Waals surface area (Å²) < 4.78 is 18.9. The quantitative estimate of drug-likeness (QED) is 0.819. The van der Waals surface area contributed by atoms with E-state index in [1.165, 1.54) is 6.07 Å². The lowest BCUT2D eigenvalue weighted by molar-refractivity contribution is 0.413. The van der Waals surface area contributed by atoms with Gasteiger partial charge in [-0.3, -0.25) is 0 Å². The molecule has 3 heteroatoms. The van der Waals surface area contributed by atoms with E-state index in [2.05, 4.69) is 0 Å².